The summed E-state index contributed by atoms with van der Waals surface area (Å²) in [6.07, 6.45) is 2.46. The molecule has 1 fully saturated rings. The molecule has 0 unspecified atom stereocenters. The molecule has 2 aromatic carbocycles. The molecule has 182 valence electrons. The second kappa shape index (κ2) is 10.4. The van der Waals surface area contributed by atoms with E-state index in [9.17, 15) is 9.90 Å². The Labute approximate surface area is 221 Å². The molecule has 0 saturated carbocycles. The molecule has 0 amide bonds. The van der Waals surface area contributed by atoms with Gasteiger partial charge in [0.2, 0.25) is 0 Å². The van der Waals surface area contributed by atoms with E-state index >= 15 is 0 Å². The minimum atomic E-state index is -0.865. The number of fused-ring (bicyclic) bond motifs is 3. The Morgan fingerprint density at radius 3 is 2.69 bits per heavy atom. The summed E-state index contributed by atoms with van der Waals surface area (Å²) < 4.78 is 2.99. The van der Waals surface area contributed by atoms with E-state index in [1.807, 2.05) is 42.5 Å². The molecular weight excluding hydrogens is 550 g/mol. The molecule has 0 spiro atoms. The normalized spacial score (nSPS) is 18.5. The SMILES string of the molecule is CN1CCC(Sc2nnc3n2-c2ccc(Br)cc2C(c2ccccc2Cl)=N[C@H]3CCC(=O)O)CC1. The van der Waals surface area contributed by atoms with Gasteiger partial charge in [-0.1, -0.05) is 57.5 Å². The van der Waals surface area contributed by atoms with Crippen LogP contribution in [0.25, 0.3) is 5.69 Å². The molecule has 35 heavy (non-hydrogen) atoms. The minimum absolute atomic E-state index is 0.0195. The number of aliphatic carboxylic acids is 1. The second-order valence-electron chi connectivity index (χ2n) is 8.86. The molecule has 10 heteroatoms. The fraction of sp³-hybridized carbons (Fsp3) is 0.360. The summed E-state index contributed by atoms with van der Waals surface area (Å²) in [4.78, 5) is 18.9. The van der Waals surface area contributed by atoms with E-state index in [0.717, 1.165) is 58.1 Å². The van der Waals surface area contributed by atoms with Crippen LogP contribution in [0.2, 0.25) is 5.02 Å². The van der Waals surface area contributed by atoms with Crippen LogP contribution in [-0.4, -0.2) is 61.8 Å². The number of thioether (sulfide) groups is 1. The van der Waals surface area contributed by atoms with Crippen molar-refractivity contribution in [1.29, 1.82) is 0 Å². The number of halogens is 2. The van der Waals surface area contributed by atoms with Gasteiger partial charge in [0.1, 0.15) is 6.04 Å². The molecule has 3 heterocycles. The topological polar surface area (TPSA) is 83.6 Å². The van der Waals surface area contributed by atoms with Crippen molar-refractivity contribution in [2.24, 2.45) is 4.99 Å². The first-order valence-electron chi connectivity index (χ1n) is 11.6. The zero-order valence-corrected chi connectivity index (χ0v) is 22.4. The van der Waals surface area contributed by atoms with Crippen LogP contribution in [0.5, 0.6) is 0 Å². The summed E-state index contributed by atoms with van der Waals surface area (Å²) in [6, 6.07) is 13.2. The lowest BCUT2D eigenvalue weighted by molar-refractivity contribution is -0.137. The van der Waals surface area contributed by atoms with Crippen molar-refractivity contribution in [3.63, 3.8) is 0 Å². The molecule has 0 bridgehead atoms. The van der Waals surface area contributed by atoms with Crippen molar-refractivity contribution in [3.8, 4) is 5.69 Å². The van der Waals surface area contributed by atoms with Gasteiger partial charge in [0.05, 0.1) is 11.4 Å². The van der Waals surface area contributed by atoms with Gasteiger partial charge in [0.15, 0.2) is 11.0 Å². The van der Waals surface area contributed by atoms with Crippen molar-refractivity contribution in [2.45, 2.75) is 42.1 Å². The lowest BCUT2D eigenvalue weighted by atomic mass is 10.00. The molecule has 7 nitrogen and oxygen atoms in total. The van der Waals surface area contributed by atoms with E-state index in [4.69, 9.17) is 16.6 Å². The van der Waals surface area contributed by atoms with Crippen LogP contribution in [0.1, 0.15) is 48.7 Å². The number of carboxylic acid groups (broad SMARTS) is 1. The highest BCUT2D eigenvalue weighted by molar-refractivity contribution is 9.10. The monoisotopic (exact) mass is 573 g/mol. The minimum Gasteiger partial charge on any atom is -0.481 e. The third-order valence-electron chi connectivity index (χ3n) is 6.39. The first kappa shape index (κ1) is 24.5. The Morgan fingerprint density at radius 2 is 1.94 bits per heavy atom. The average Bonchev–Trinajstić information content (AvgIpc) is 3.18. The molecule has 3 aromatic rings. The fourth-order valence-electron chi connectivity index (χ4n) is 4.55. The van der Waals surface area contributed by atoms with Crippen LogP contribution in [0, 0.1) is 0 Å². The summed E-state index contributed by atoms with van der Waals surface area (Å²) >= 11 is 12.0. The maximum absolute atomic E-state index is 11.5. The number of rotatable bonds is 6. The molecular formula is C25H25BrClN5O2S. The van der Waals surface area contributed by atoms with Crippen molar-refractivity contribution in [2.75, 3.05) is 20.1 Å². The predicted molar refractivity (Wildman–Crippen MR) is 142 cm³/mol. The number of carboxylic acids is 1. The maximum atomic E-state index is 11.5. The lowest BCUT2D eigenvalue weighted by Crippen LogP contribution is -2.31. The van der Waals surface area contributed by atoms with Crippen LogP contribution in [0.4, 0.5) is 0 Å². The Balaban J connectivity index is 1.66. The summed E-state index contributed by atoms with van der Waals surface area (Å²) in [7, 11) is 2.15. The fourth-order valence-corrected chi connectivity index (χ4v) is 6.27. The number of benzene rings is 2. The van der Waals surface area contributed by atoms with Gasteiger partial charge < -0.3 is 10.0 Å². The molecule has 1 saturated heterocycles. The van der Waals surface area contributed by atoms with Gasteiger partial charge in [-0.15, -0.1) is 10.2 Å². The van der Waals surface area contributed by atoms with E-state index < -0.39 is 12.0 Å². The Bertz CT molecular complexity index is 1290. The third kappa shape index (κ3) is 5.18. The molecule has 5 rings (SSSR count). The first-order valence-corrected chi connectivity index (χ1v) is 13.6. The standard InChI is InChI=1S/C25H25BrClN5O2S/c1-31-12-10-16(11-13-31)35-25-30-29-24-20(7-9-22(33)34)28-23(17-4-2-3-5-19(17)27)18-14-15(26)6-8-21(18)32(24)25/h2-6,8,14,16,20H,7,9-13H2,1H3,(H,33,34)/t20-/m0/s1. The molecule has 0 radical (unpaired) electrons. The largest absolute Gasteiger partial charge is 0.481 e. The highest BCUT2D eigenvalue weighted by Crippen LogP contribution is 2.39. The zero-order valence-electron chi connectivity index (χ0n) is 19.2. The molecule has 2 aliphatic rings. The number of hydrogen-bond donors (Lipinski definition) is 1. The molecule has 0 aliphatic carbocycles. The number of carbonyl (C=O) groups is 1. The summed E-state index contributed by atoms with van der Waals surface area (Å²) in [5.41, 5.74) is 3.34. The highest BCUT2D eigenvalue weighted by Gasteiger charge is 2.31. The predicted octanol–water partition coefficient (Wildman–Crippen LogP) is 5.63. The third-order valence-corrected chi connectivity index (χ3v) is 8.50. The molecule has 2 aliphatic heterocycles. The van der Waals surface area contributed by atoms with Crippen LogP contribution in [-0.2, 0) is 4.79 Å². The van der Waals surface area contributed by atoms with Gasteiger partial charge in [-0.25, -0.2) is 0 Å². The summed E-state index contributed by atoms with van der Waals surface area (Å²) in [6.45, 7) is 2.12. The lowest BCUT2D eigenvalue weighted by Gasteiger charge is -2.28. The Morgan fingerprint density at radius 1 is 1.17 bits per heavy atom. The number of piperidine rings is 1. The average molecular weight is 575 g/mol. The zero-order chi connectivity index (χ0) is 24.5. The van der Waals surface area contributed by atoms with Crippen LogP contribution >= 0.6 is 39.3 Å². The van der Waals surface area contributed by atoms with E-state index in [-0.39, 0.29) is 6.42 Å². The van der Waals surface area contributed by atoms with Crippen LogP contribution < -0.4 is 0 Å². The highest BCUT2D eigenvalue weighted by atomic mass is 79.9. The van der Waals surface area contributed by atoms with E-state index in [1.165, 1.54) is 0 Å². The van der Waals surface area contributed by atoms with Gasteiger partial charge in [0.25, 0.3) is 0 Å². The molecule has 1 aromatic heterocycles. The second-order valence-corrected chi connectivity index (χ2v) is 11.5. The quantitative estimate of drug-likeness (QED) is 0.411. The van der Waals surface area contributed by atoms with Crippen molar-refractivity contribution < 1.29 is 9.90 Å². The molecule has 1 N–H and O–H groups in total. The number of likely N-dealkylation sites (tertiary alicyclic amines) is 1. The molecule has 1 atom stereocenters. The summed E-state index contributed by atoms with van der Waals surface area (Å²) in [5, 5.41) is 20.4. The van der Waals surface area contributed by atoms with E-state index in [1.54, 1.807) is 11.8 Å². The summed E-state index contributed by atoms with van der Waals surface area (Å²) in [5.74, 6) is -0.205. The van der Waals surface area contributed by atoms with Gasteiger partial charge >= 0.3 is 5.97 Å². The number of aromatic nitrogens is 3. The number of hydrogen-bond acceptors (Lipinski definition) is 6. The Hall–Kier alpha value is -2.20. The van der Waals surface area contributed by atoms with Gasteiger partial charge in [0, 0.05) is 32.3 Å². The van der Waals surface area contributed by atoms with E-state index in [0.29, 0.717) is 22.5 Å². The smallest absolute Gasteiger partial charge is 0.303 e. The van der Waals surface area contributed by atoms with Crippen molar-refractivity contribution in [1.82, 2.24) is 19.7 Å². The first-order chi connectivity index (χ1) is 16.9. The van der Waals surface area contributed by atoms with E-state index in [2.05, 4.69) is 42.6 Å². The van der Waals surface area contributed by atoms with Crippen molar-refractivity contribution in [3.05, 3.63) is 68.9 Å². The maximum Gasteiger partial charge on any atom is 0.303 e. The van der Waals surface area contributed by atoms with Crippen molar-refractivity contribution >= 4 is 51.0 Å². The number of aliphatic imine (C=N–C) groups is 1. The van der Waals surface area contributed by atoms with Gasteiger partial charge in [-0.05, 0) is 63.7 Å². The van der Waals surface area contributed by atoms with Crippen LogP contribution in [0.15, 0.2) is 57.1 Å². The Kier molecular flexibility index (Phi) is 7.29. The van der Waals surface area contributed by atoms with Crippen LogP contribution in [0.3, 0.4) is 0 Å². The number of nitrogens with zero attached hydrogens (tertiary/aromatic N) is 5. The van der Waals surface area contributed by atoms with Gasteiger partial charge in [-0.2, -0.15) is 0 Å². The van der Waals surface area contributed by atoms with Gasteiger partial charge in [-0.3, -0.25) is 14.4 Å².